The molecule has 0 spiro atoms. The van der Waals surface area contributed by atoms with Gasteiger partial charge in [0.15, 0.2) is 9.84 Å². The SMILES string of the molecule is CCCn1ccc2ccc(NC(=O)N3CCS(=O)(=O)CC3)cc21. The molecule has 1 saturated heterocycles. The molecule has 1 fully saturated rings. The standard InChI is InChI=1S/C16H21N3O3S/c1-2-6-18-7-5-13-3-4-14(12-15(13)18)17-16(20)19-8-10-23(21,22)11-9-19/h3-5,7,12H,2,6,8-11H2,1H3,(H,17,20). The van der Waals surface area contributed by atoms with Crippen LogP contribution in [0.25, 0.3) is 10.9 Å². The fourth-order valence-corrected chi connectivity index (χ4v) is 4.02. The Kier molecular flexibility index (Phi) is 4.30. The first-order valence-corrected chi connectivity index (χ1v) is 9.66. The Labute approximate surface area is 136 Å². The van der Waals surface area contributed by atoms with Gasteiger partial charge in [0.1, 0.15) is 0 Å². The van der Waals surface area contributed by atoms with Crippen LogP contribution in [-0.4, -0.2) is 48.5 Å². The van der Waals surface area contributed by atoms with E-state index in [2.05, 4.69) is 29.1 Å². The van der Waals surface area contributed by atoms with Gasteiger partial charge in [0, 0.05) is 31.5 Å². The van der Waals surface area contributed by atoms with Gasteiger partial charge in [0.2, 0.25) is 0 Å². The minimum absolute atomic E-state index is 0.0405. The molecule has 6 nitrogen and oxygen atoms in total. The van der Waals surface area contributed by atoms with E-state index in [4.69, 9.17) is 0 Å². The number of amides is 2. The maximum atomic E-state index is 12.3. The van der Waals surface area contributed by atoms with Gasteiger partial charge in [-0.25, -0.2) is 13.2 Å². The molecule has 2 amide bonds. The van der Waals surface area contributed by atoms with Crippen LogP contribution in [0.4, 0.5) is 10.5 Å². The number of anilines is 1. The lowest BCUT2D eigenvalue weighted by Gasteiger charge is -2.26. The Bertz CT molecular complexity index is 812. The summed E-state index contributed by atoms with van der Waals surface area (Å²) in [5, 5.41) is 4.01. The Morgan fingerprint density at radius 3 is 2.65 bits per heavy atom. The molecule has 2 aromatic rings. The number of aromatic nitrogens is 1. The molecule has 7 heteroatoms. The van der Waals surface area contributed by atoms with Gasteiger partial charge in [0.05, 0.1) is 17.0 Å². The van der Waals surface area contributed by atoms with Crippen molar-refractivity contribution in [2.45, 2.75) is 19.9 Å². The van der Waals surface area contributed by atoms with Crippen molar-refractivity contribution in [3.05, 3.63) is 30.5 Å². The molecule has 0 bridgehead atoms. The predicted octanol–water partition coefficient (Wildman–Crippen LogP) is 2.31. The fraction of sp³-hybridized carbons (Fsp3) is 0.438. The molecular weight excluding hydrogens is 314 g/mol. The number of hydrogen-bond acceptors (Lipinski definition) is 3. The maximum Gasteiger partial charge on any atom is 0.321 e. The second-order valence-corrected chi connectivity index (χ2v) is 8.16. The van der Waals surface area contributed by atoms with E-state index in [-0.39, 0.29) is 30.6 Å². The topological polar surface area (TPSA) is 71.4 Å². The van der Waals surface area contributed by atoms with Crippen LogP contribution >= 0.6 is 0 Å². The highest BCUT2D eigenvalue weighted by Crippen LogP contribution is 2.21. The Morgan fingerprint density at radius 2 is 1.96 bits per heavy atom. The zero-order valence-electron chi connectivity index (χ0n) is 13.2. The molecule has 0 atom stereocenters. The smallest absolute Gasteiger partial charge is 0.321 e. The van der Waals surface area contributed by atoms with Crippen LogP contribution in [0.3, 0.4) is 0 Å². The monoisotopic (exact) mass is 335 g/mol. The molecular formula is C16H21N3O3S. The molecule has 1 aliphatic rings. The number of urea groups is 1. The van der Waals surface area contributed by atoms with Gasteiger partial charge in [-0.1, -0.05) is 13.0 Å². The second-order valence-electron chi connectivity index (χ2n) is 5.85. The fourth-order valence-electron chi connectivity index (χ4n) is 2.82. The molecule has 1 aromatic heterocycles. The van der Waals surface area contributed by atoms with Crippen LogP contribution in [-0.2, 0) is 16.4 Å². The number of carbonyl (C=O) groups excluding carboxylic acids is 1. The van der Waals surface area contributed by atoms with Crippen LogP contribution < -0.4 is 5.32 Å². The maximum absolute atomic E-state index is 12.3. The average molecular weight is 335 g/mol. The largest absolute Gasteiger partial charge is 0.347 e. The molecule has 2 heterocycles. The van der Waals surface area contributed by atoms with Gasteiger partial charge < -0.3 is 14.8 Å². The van der Waals surface area contributed by atoms with E-state index in [0.29, 0.717) is 0 Å². The average Bonchev–Trinajstić information content (AvgIpc) is 2.90. The first kappa shape index (κ1) is 15.9. The number of sulfone groups is 1. The highest BCUT2D eigenvalue weighted by atomic mass is 32.2. The van der Waals surface area contributed by atoms with Gasteiger partial charge in [0.25, 0.3) is 0 Å². The summed E-state index contributed by atoms with van der Waals surface area (Å²) in [4.78, 5) is 13.8. The third-order valence-corrected chi connectivity index (χ3v) is 5.73. The summed E-state index contributed by atoms with van der Waals surface area (Å²) in [5.41, 5.74) is 1.82. The van der Waals surface area contributed by atoms with E-state index in [1.165, 1.54) is 0 Å². The van der Waals surface area contributed by atoms with Crippen LogP contribution in [0.5, 0.6) is 0 Å². The lowest BCUT2D eigenvalue weighted by molar-refractivity contribution is 0.216. The molecule has 23 heavy (non-hydrogen) atoms. The van der Waals surface area contributed by atoms with Crippen LogP contribution in [0.1, 0.15) is 13.3 Å². The van der Waals surface area contributed by atoms with Crippen LogP contribution in [0, 0.1) is 0 Å². The molecule has 1 N–H and O–H groups in total. The molecule has 1 aromatic carbocycles. The quantitative estimate of drug-likeness (QED) is 0.935. The summed E-state index contributed by atoms with van der Waals surface area (Å²) in [6.07, 6.45) is 3.10. The zero-order chi connectivity index (χ0) is 16.4. The summed E-state index contributed by atoms with van der Waals surface area (Å²) in [7, 11) is -2.98. The number of carbonyl (C=O) groups is 1. The summed E-state index contributed by atoms with van der Waals surface area (Å²) in [6.45, 7) is 3.57. The second kappa shape index (κ2) is 6.23. The van der Waals surface area contributed by atoms with Crippen LogP contribution in [0.2, 0.25) is 0 Å². The van der Waals surface area contributed by atoms with E-state index >= 15 is 0 Å². The van der Waals surface area contributed by atoms with E-state index in [1.54, 1.807) is 4.90 Å². The molecule has 124 valence electrons. The Hall–Kier alpha value is -2.02. The lowest BCUT2D eigenvalue weighted by Crippen LogP contribution is -2.45. The summed E-state index contributed by atoms with van der Waals surface area (Å²) in [6, 6.07) is 7.64. The van der Waals surface area contributed by atoms with Crippen molar-refractivity contribution < 1.29 is 13.2 Å². The highest BCUT2D eigenvalue weighted by molar-refractivity contribution is 7.91. The van der Waals surface area contributed by atoms with Crippen molar-refractivity contribution in [1.82, 2.24) is 9.47 Å². The zero-order valence-corrected chi connectivity index (χ0v) is 14.0. The number of benzene rings is 1. The van der Waals surface area contributed by atoms with Gasteiger partial charge in [-0.15, -0.1) is 0 Å². The predicted molar refractivity (Wildman–Crippen MR) is 91.5 cm³/mol. The summed E-state index contributed by atoms with van der Waals surface area (Å²) < 4.78 is 25.0. The number of rotatable bonds is 3. The van der Waals surface area contributed by atoms with Gasteiger partial charge in [-0.2, -0.15) is 0 Å². The minimum Gasteiger partial charge on any atom is -0.347 e. The molecule has 3 rings (SSSR count). The number of nitrogens with one attached hydrogen (secondary N) is 1. The summed E-state index contributed by atoms with van der Waals surface area (Å²) >= 11 is 0. The number of nitrogens with zero attached hydrogens (tertiary/aromatic N) is 2. The lowest BCUT2D eigenvalue weighted by atomic mass is 10.2. The van der Waals surface area contributed by atoms with Crippen LogP contribution in [0.15, 0.2) is 30.5 Å². The highest BCUT2D eigenvalue weighted by Gasteiger charge is 2.25. The normalized spacial score (nSPS) is 17.3. The van der Waals surface area contributed by atoms with E-state index in [9.17, 15) is 13.2 Å². The molecule has 0 aliphatic carbocycles. The number of aryl methyl sites for hydroxylation is 1. The van der Waals surface area contributed by atoms with Gasteiger partial charge in [-0.3, -0.25) is 0 Å². The van der Waals surface area contributed by atoms with Crippen molar-refractivity contribution >= 4 is 32.5 Å². The first-order chi connectivity index (χ1) is 11.0. The van der Waals surface area contributed by atoms with Crippen molar-refractivity contribution in [3.63, 3.8) is 0 Å². The minimum atomic E-state index is -2.98. The van der Waals surface area contributed by atoms with Crippen molar-refractivity contribution in [3.8, 4) is 0 Å². The van der Waals surface area contributed by atoms with E-state index in [0.717, 1.165) is 29.6 Å². The number of hydrogen-bond donors (Lipinski definition) is 1. The molecule has 0 unspecified atom stereocenters. The van der Waals surface area contributed by atoms with Crippen molar-refractivity contribution in [1.29, 1.82) is 0 Å². The number of fused-ring (bicyclic) bond motifs is 1. The summed E-state index contributed by atoms with van der Waals surface area (Å²) in [5.74, 6) is 0.0810. The van der Waals surface area contributed by atoms with Crippen molar-refractivity contribution in [2.75, 3.05) is 29.9 Å². The van der Waals surface area contributed by atoms with Crippen molar-refractivity contribution in [2.24, 2.45) is 0 Å². The molecule has 0 saturated carbocycles. The molecule has 0 radical (unpaired) electrons. The third-order valence-electron chi connectivity index (χ3n) is 4.12. The third kappa shape index (κ3) is 3.50. The Balaban J connectivity index is 1.73. The van der Waals surface area contributed by atoms with Gasteiger partial charge in [-0.05, 0) is 30.0 Å². The molecule has 1 aliphatic heterocycles. The Morgan fingerprint density at radius 1 is 1.22 bits per heavy atom. The van der Waals surface area contributed by atoms with Gasteiger partial charge >= 0.3 is 6.03 Å². The van der Waals surface area contributed by atoms with E-state index < -0.39 is 9.84 Å². The van der Waals surface area contributed by atoms with E-state index in [1.807, 2.05) is 18.2 Å². The first-order valence-electron chi connectivity index (χ1n) is 7.84.